The lowest BCUT2D eigenvalue weighted by atomic mass is 9.95. The third kappa shape index (κ3) is 5.34. The normalized spacial score (nSPS) is 23.7. The number of carbonyl (C=O) groups is 1. The van der Waals surface area contributed by atoms with E-state index in [1.165, 1.54) is 24.4 Å². The number of likely N-dealkylation sites (N-methyl/N-ethyl adjacent to an activating group) is 1. The van der Waals surface area contributed by atoms with Gasteiger partial charge in [-0.25, -0.2) is 13.2 Å². The number of fused-ring (bicyclic) bond motifs is 3. The smallest absolute Gasteiger partial charge is 0.319 e. The van der Waals surface area contributed by atoms with Gasteiger partial charge in [-0.15, -0.1) is 11.3 Å². The fourth-order valence-corrected chi connectivity index (χ4v) is 9.21. The highest BCUT2D eigenvalue weighted by Crippen LogP contribution is 2.44. The van der Waals surface area contributed by atoms with Crippen molar-refractivity contribution in [1.29, 1.82) is 5.26 Å². The number of nitriles is 1. The summed E-state index contributed by atoms with van der Waals surface area (Å²) in [5.74, 6) is -1.13. The number of aromatic nitrogens is 3. The molecular formula is C35H37F3N8O2S. The molecule has 3 aromatic heterocycles. The summed E-state index contributed by atoms with van der Waals surface area (Å²) in [5.41, 5.74) is 5.64. The van der Waals surface area contributed by atoms with Gasteiger partial charge in [0.05, 0.1) is 33.3 Å². The zero-order chi connectivity index (χ0) is 34.6. The fraction of sp³-hybridized carbons (Fsp3) is 0.457. The van der Waals surface area contributed by atoms with Crippen molar-refractivity contribution in [2.45, 2.75) is 69.7 Å². The minimum Gasteiger partial charge on any atom is -0.461 e. The van der Waals surface area contributed by atoms with Gasteiger partial charge in [-0.3, -0.25) is 14.7 Å². The predicted octanol–water partition coefficient (Wildman–Crippen LogP) is 5.99. The molecule has 3 aliphatic rings. The van der Waals surface area contributed by atoms with E-state index in [4.69, 9.17) is 15.5 Å². The Morgan fingerprint density at radius 2 is 2.12 bits per heavy atom. The molecule has 256 valence electrons. The number of hydrogen-bond donors (Lipinski definition) is 1. The molecule has 2 N–H and O–H groups in total. The fourth-order valence-electron chi connectivity index (χ4n) is 8.26. The van der Waals surface area contributed by atoms with Gasteiger partial charge in [-0.1, -0.05) is 13.5 Å². The van der Waals surface area contributed by atoms with Gasteiger partial charge in [0.25, 0.3) is 0 Å². The molecule has 4 aromatic rings. The zero-order valence-electron chi connectivity index (χ0n) is 27.4. The van der Waals surface area contributed by atoms with Gasteiger partial charge >= 0.3 is 6.01 Å². The van der Waals surface area contributed by atoms with Gasteiger partial charge in [-0.05, 0) is 57.4 Å². The van der Waals surface area contributed by atoms with E-state index in [2.05, 4.69) is 21.4 Å². The van der Waals surface area contributed by atoms with Crippen LogP contribution in [0.2, 0.25) is 0 Å². The molecule has 49 heavy (non-hydrogen) atoms. The SMILES string of the molecule is C=CC(=O)N1CCC(N(CC)c2nc(OCC34CCCN3CC(F)C4)nc3c(F)c(-c4ccc(F)c5sc(N)c(C#N)c45)ncc23)C1CC. The molecule has 4 atom stereocenters. The van der Waals surface area contributed by atoms with Crippen LogP contribution in [0.5, 0.6) is 6.01 Å². The van der Waals surface area contributed by atoms with E-state index in [0.29, 0.717) is 50.1 Å². The number of likely N-dealkylation sites (tertiary alicyclic amines) is 1. The van der Waals surface area contributed by atoms with Crippen LogP contribution in [0.3, 0.4) is 0 Å². The van der Waals surface area contributed by atoms with Gasteiger partial charge < -0.3 is 20.3 Å². The van der Waals surface area contributed by atoms with Crippen LogP contribution in [0.1, 0.15) is 51.5 Å². The van der Waals surface area contributed by atoms with E-state index >= 15 is 4.39 Å². The zero-order valence-corrected chi connectivity index (χ0v) is 28.2. The summed E-state index contributed by atoms with van der Waals surface area (Å²) in [5, 5.41) is 10.5. The summed E-state index contributed by atoms with van der Waals surface area (Å²) in [6.45, 7) is 9.94. The van der Waals surface area contributed by atoms with Crippen molar-refractivity contribution in [2.24, 2.45) is 0 Å². The first-order valence-electron chi connectivity index (χ1n) is 16.6. The molecule has 6 heterocycles. The van der Waals surface area contributed by atoms with Crippen molar-refractivity contribution in [1.82, 2.24) is 24.8 Å². The number of anilines is 2. The molecule has 3 aliphatic heterocycles. The molecule has 3 fully saturated rings. The van der Waals surface area contributed by atoms with Crippen LogP contribution in [-0.4, -0.2) is 87.2 Å². The number of hydrogen-bond acceptors (Lipinski definition) is 10. The Morgan fingerprint density at radius 3 is 2.86 bits per heavy atom. The number of carbonyl (C=O) groups excluding carboxylic acids is 1. The number of rotatable bonds is 9. The van der Waals surface area contributed by atoms with Crippen molar-refractivity contribution >= 4 is 49.1 Å². The van der Waals surface area contributed by atoms with E-state index < -0.39 is 23.3 Å². The van der Waals surface area contributed by atoms with Gasteiger partial charge in [0.15, 0.2) is 5.82 Å². The van der Waals surface area contributed by atoms with E-state index in [0.717, 1.165) is 30.7 Å². The molecule has 0 spiro atoms. The Kier molecular flexibility index (Phi) is 8.60. The maximum Gasteiger partial charge on any atom is 0.319 e. The summed E-state index contributed by atoms with van der Waals surface area (Å²) in [6.07, 6.45) is 5.22. The summed E-state index contributed by atoms with van der Waals surface area (Å²) >= 11 is 0.919. The van der Waals surface area contributed by atoms with Crippen molar-refractivity contribution < 1.29 is 22.7 Å². The highest BCUT2D eigenvalue weighted by molar-refractivity contribution is 7.23. The van der Waals surface area contributed by atoms with Crippen molar-refractivity contribution in [3.8, 4) is 23.3 Å². The molecule has 4 unspecified atom stereocenters. The number of nitrogen functional groups attached to an aromatic ring is 1. The standard InChI is InChI=1S/C35H37F3N8O2S/c1-4-24-25(10-13-46(24)26(47)5-2)45(6-3)33-22-16-41-29(20-8-9-23(37)31-27(20)21(15-39)32(40)49-31)28(38)30(22)42-34(43-33)48-18-35-11-7-12-44(35)17-19(36)14-35/h5,8-9,16,19,24-25H,2,4,6-7,10-14,17-18,40H2,1,3H3. The molecule has 3 saturated heterocycles. The van der Waals surface area contributed by atoms with Crippen LogP contribution in [0.15, 0.2) is 31.0 Å². The van der Waals surface area contributed by atoms with Gasteiger partial charge in [0.1, 0.15) is 46.7 Å². The van der Waals surface area contributed by atoms with Crippen LogP contribution in [0.4, 0.5) is 24.0 Å². The molecular weight excluding hydrogens is 653 g/mol. The summed E-state index contributed by atoms with van der Waals surface area (Å²) in [7, 11) is 0. The van der Waals surface area contributed by atoms with Crippen LogP contribution in [-0.2, 0) is 4.79 Å². The Bertz CT molecular complexity index is 2020. The lowest BCUT2D eigenvalue weighted by molar-refractivity contribution is -0.126. The number of pyridine rings is 1. The summed E-state index contributed by atoms with van der Waals surface area (Å²) in [6, 6.07) is 4.25. The van der Waals surface area contributed by atoms with E-state index in [1.807, 2.05) is 24.8 Å². The highest BCUT2D eigenvalue weighted by atomic mass is 32.1. The monoisotopic (exact) mass is 690 g/mol. The number of halogens is 3. The van der Waals surface area contributed by atoms with Gasteiger partial charge in [0.2, 0.25) is 5.91 Å². The van der Waals surface area contributed by atoms with Crippen LogP contribution in [0.25, 0.3) is 32.2 Å². The number of nitrogens with two attached hydrogens (primary N) is 1. The second-order valence-electron chi connectivity index (χ2n) is 13.0. The first-order valence-corrected chi connectivity index (χ1v) is 17.4. The molecule has 7 rings (SSSR count). The second-order valence-corrected chi connectivity index (χ2v) is 14.0. The number of benzene rings is 1. The third-order valence-electron chi connectivity index (χ3n) is 10.5. The minimum absolute atomic E-state index is 0.0499. The van der Waals surface area contributed by atoms with Crippen molar-refractivity contribution in [3.63, 3.8) is 0 Å². The van der Waals surface area contributed by atoms with Crippen molar-refractivity contribution in [3.05, 3.63) is 48.2 Å². The molecule has 10 nitrogen and oxygen atoms in total. The topological polar surface area (TPSA) is 125 Å². The predicted molar refractivity (Wildman–Crippen MR) is 183 cm³/mol. The van der Waals surface area contributed by atoms with Crippen LogP contribution >= 0.6 is 11.3 Å². The van der Waals surface area contributed by atoms with Crippen molar-refractivity contribution in [2.75, 3.05) is 43.4 Å². The molecule has 1 aromatic carbocycles. The summed E-state index contributed by atoms with van der Waals surface area (Å²) in [4.78, 5) is 32.6. The lowest BCUT2D eigenvalue weighted by Crippen LogP contribution is -2.47. The van der Waals surface area contributed by atoms with Crippen LogP contribution < -0.4 is 15.4 Å². The molecule has 0 radical (unpaired) electrons. The van der Waals surface area contributed by atoms with Gasteiger partial charge in [0, 0.05) is 43.2 Å². The molecule has 0 aliphatic carbocycles. The first-order chi connectivity index (χ1) is 23.6. The Balaban J connectivity index is 1.38. The molecule has 1 amide bonds. The molecule has 0 bridgehead atoms. The Morgan fingerprint density at radius 1 is 1.31 bits per heavy atom. The van der Waals surface area contributed by atoms with E-state index in [1.54, 1.807) is 4.90 Å². The maximum atomic E-state index is 16.9. The summed E-state index contributed by atoms with van der Waals surface area (Å²) < 4.78 is 52.8. The van der Waals surface area contributed by atoms with E-state index in [9.17, 15) is 18.8 Å². The minimum atomic E-state index is -0.954. The quantitative estimate of drug-likeness (QED) is 0.211. The first kappa shape index (κ1) is 33.0. The average Bonchev–Trinajstić information content (AvgIpc) is 3.85. The highest BCUT2D eigenvalue weighted by Gasteiger charge is 2.49. The number of thiophene rings is 1. The third-order valence-corrected chi connectivity index (χ3v) is 11.5. The molecule has 14 heteroatoms. The van der Waals surface area contributed by atoms with E-state index in [-0.39, 0.29) is 68.0 Å². The number of ether oxygens (including phenoxy) is 1. The van der Waals surface area contributed by atoms with Gasteiger partial charge in [-0.2, -0.15) is 15.2 Å². The second kappa shape index (κ2) is 12.8. The largest absolute Gasteiger partial charge is 0.461 e. The number of alkyl halides is 1. The van der Waals surface area contributed by atoms with Crippen LogP contribution in [0, 0.1) is 23.0 Å². The maximum absolute atomic E-state index is 16.9. The Labute approximate surface area is 286 Å². The molecule has 0 saturated carbocycles. The lowest BCUT2D eigenvalue weighted by Gasteiger charge is -2.35. The number of amides is 1. The Hall–Kier alpha value is -4.48. The number of nitrogens with zero attached hydrogens (tertiary/aromatic N) is 7. The average molecular weight is 691 g/mol.